The van der Waals surface area contributed by atoms with Crippen LogP contribution in [0, 0.1) is 6.92 Å². The fourth-order valence-corrected chi connectivity index (χ4v) is 5.76. The lowest BCUT2D eigenvalue weighted by atomic mass is 10.2. The standard InChI is InChI=1S/C23H22N2O5S2/c1-16-19(24-23(30-16)17-10-12-18(28-2)13-11-17)15-25(20-7-4-5-8-21(20)29-3)32(26,27)22-9-6-14-31-22/h4-14H,15H2,1-3H3. The van der Waals surface area contributed by atoms with E-state index in [0.717, 1.165) is 22.6 Å². The zero-order chi connectivity index (χ0) is 22.7. The smallest absolute Gasteiger partial charge is 0.274 e. The molecule has 2 aromatic heterocycles. The molecule has 4 rings (SSSR count). The molecule has 0 aliphatic carbocycles. The lowest BCUT2D eigenvalue weighted by molar-refractivity contribution is 0.415. The van der Waals surface area contributed by atoms with Gasteiger partial charge in [0, 0.05) is 5.56 Å². The molecule has 2 heterocycles. The molecule has 4 aromatic rings. The minimum absolute atomic E-state index is 0.00784. The summed E-state index contributed by atoms with van der Waals surface area (Å²) in [5.74, 6) is 2.12. The number of sulfonamides is 1. The van der Waals surface area contributed by atoms with E-state index < -0.39 is 10.0 Å². The Balaban J connectivity index is 1.76. The summed E-state index contributed by atoms with van der Waals surface area (Å²) in [6.45, 7) is 1.76. The third kappa shape index (κ3) is 4.21. The summed E-state index contributed by atoms with van der Waals surface area (Å²) in [5.41, 5.74) is 1.71. The second-order valence-electron chi connectivity index (χ2n) is 6.87. The molecule has 0 saturated carbocycles. The second kappa shape index (κ2) is 9.05. The molecule has 0 aliphatic heterocycles. The van der Waals surface area contributed by atoms with E-state index in [-0.39, 0.29) is 10.8 Å². The van der Waals surface area contributed by atoms with Crippen molar-refractivity contribution in [1.29, 1.82) is 0 Å². The molecule has 0 saturated heterocycles. The van der Waals surface area contributed by atoms with Crippen LogP contribution in [0.15, 0.2) is 74.7 Å². The molecular formula is C23H22N2O5S2. The van der Waals surface area contributed by atoms with E-state index in [2.05, 4.69) is 4.98 Å². The van der Waals surface area contributed by atoms with Crippen LogP contribution < -0.4 is 13.8 Å². The lowest BCUT2D eigenvalue weighted by Gasteiger charge is -2.24. The van der Waals surface area contributed by atoms with Gasteiger partial charge in [0.1, 0.15) is 27.2 Å². The number of aromatic nitrogens is 1. The monoisotopic (exact) mass is 470 g/mol. The predicted octanol–water partition coefficient (Wildman–Crippen LogP) is 5.12. The molecule has 0 fully saturated rings. The Bertz CT molecular complexity index is 1300. The fourth-order valence-electron chi connectivity index (χ4n) is 3.22. The molecule has 7 nitrogen and oxygen atoms in total. The number of nitrogens with zero attached hydrogens (tertiary/aromatic N) is 2. The zero-order valence-corrected chi connectivity index (χ0v) is 19.4. The molecule has 0 radical (unpaired) electrons. The van der Waals surface area contributed by atoms with Crippen LogP contribution in [-0.4, -0.2) is 27.6 Å². The molecule has 0 N–H and O–H groups in total. The number of oxazole rings is 1. The van der Waals surface area contributed by atoms with Crippen LogP contribution in [0.2, 0.25) is 0 Å². The molecule has 0 spiro atoms. The van der Waals surface area contributed by atoms with Gasteiger partial charge >= 0.3 is 0 Å². The maximum atomic E-state index is 13.5. The number of methoxy groups -OCH3 is 2. The summed E-state index contributed by atoms with van der Waals surface area (Å²) >= 11 is 1.16. The van der Waals surface area contributed by atoms with Crippen LogP contribution in [0.3, 0.4) is 0 Å². The SMILES string of the molecule is COc1ccc(-c2nc(CN(c3ccccc3OC)S(=O)(=O)c3cccs3)c(C)o2)cc1. The van der Waals surface area contributed by atoms with E-state index in [1.54, 1.807) is 55.8 Å². The van der Waals surface area contributed by atoms with Gasteiger partial charge in [0.05, 0.1) is 26.5 Å². The second-order valence-corrected chi connectivity index (χ2v) is 9.90. The topological polar surface area (TPSA) is 81.9 Å². The first kappa shape index (κ1) is 21.9. The van der Waals surface area contributed by atoms with E-state index in [9.17, 15) is 8.42 Å². The number of hydrogen-bond donors (Lipinski definition) is 0. The summed E-state index contributed by atoms with van der Waals surface area (Å²) in [7, 11) is -0.737. The Morgan fingerprint density at radius 1 is 1.00 bits per heavy atom. The van der Waals surface area contributed by atoms with Crippen molar-refractivity contribution in [3.63, 3.8) is 0 Å². The first-order valence-corrected chi connectivity index (χ1v) is 12.1. The third-order valence-electron chi connectivity index (χ3n) is 4.92. The van der Waals surface area contributed by atoms with Crippen LogP contribution >= 0.6 is 11.3 Å². The number of hydrogen-bond acceptors (Lipinski definition) is 7. The molecule has 0 amide bonds. The van der Waals surface area contributed by atoms with Gasteiger partial charge in [-0.3, -0.25) is 4.31 Å². The van der Waals surface area contributed by atoms with Crippen LogP contribution in [0.5, 0.6) is 11.5 Å². The van der Waals surface area contributed by atoms with Gasteiger partial charge in [-0.25, -0.2) is 13.4 Å². The fraction of sp³-hybridized carbons (Fsp3) is 0.174. The van der Waals surface area contributed by atoms with Crippen molar-refractivity contribution in [2.75, 3.05) is 18.5 Å². The van der Waals surface area contributed by atoms with Crippen molar-refractivity contribution in [3.05, 3.63) is 77.5 Å². The average molecular weight is 471 g/mol. The van der Waals surface area contributed by atoms with E-state index in [4.69, 9.17) is 13.9 Å². The van der Waals surface area contributed by atoms with E-state index in [1.807, 2.05) is 24.3 Å². The van der Waals surface area contributed by atoms with Crippen molar-refractivity contribution >= 4 is 27.0 Å². The Morgan fingerprint density at radius 2 is 1.75 bits per heavy atom. The van der Waals surface area contributed by atoms with Crippen LogP contribution in [-0.2, 0) is 16.6 Å². The van der Waals surface area contributed by atoms with Crippen molar-refractivity contribution in [2.24, 2.45) is 0 Å². The first-order valence-electron chi connectivity index (χ1n) is 9.74. The van der Waals surface area contributed by atoms with Gasteiger partial charge in [0.15, 0.2) is 0 Å². The number of para-hydroxylation sites is 2. The Kier molecular flexibility index (Phi) is 6.20. The number of thiophene rings is 1. The Morgan fingerprint density at radius 3 is 2.41 bits per heavy atom. The highest BCUT2D eigenvalue weighted by Gasteiger charge is 2.30. The summed E-state index contributed by atoms with van der Waals surface area (Å²) in [6.07, 6.45) is 0. The summed E-state index contributed by atoms with van der Waals surface area (Å²) < 4.78 is 45.1. The maximum Gasteiger partial charge on any atom is 0.274 e. The van der Waals surface area contributed by atoms with Gasteiger partial charge in [-0.1, -0.05) is 18.2 Å². The lowest BCUT2D eigenvalue weighted by Crippen LogP contribution is -2.30. The number of ether oxygens (including phenoxy) is 2. The largest absolute Gasteiger partial charge is 0.497 e. The molecule has 0 atom stereocenters. The quantitative estimate of drug-likeness (QED) is 0.355. The molecule has 9 heteroatoms. The van der Waals surface area contributed by atoms with Crippen LogP contribution in [0.1, 0.15) is 11.5 Å². The zero-order valence-electron chi connectivity index (χ0n) is 17.8. The van der Waals surface area contributed by atoms with Gasteiger partial charge in [0.25, 0.3) is 10.0 Å². The Hall–Kier alpha value is -3.30. The van der Waals surface area contributed by atoms with Crippen molar-refractivity contribution in [1.82, 2.24) is 4.98 Å². The minimum atomic E-state index is -3.85. The van der Waals surface area contributed by atoms with Gasteiger partial charge in [0.2, 0.25) is 5.89 Å². The van der Waals surface area contributed by atoms with E-state index in [0.29, 0.717) is 28.8 Å². The van der Waals surface area contributed by atoms with Gasteiger partial charge in [-0.15, -0.1) is 11.3 Å². The van der Waals surface area contributed by atoms with Gasteiger partial charge < -0.3 is 13.9 Å². The molecule has 0 bridgehead atoms. The minimum Gasteiger partial charge on any atom is -0.497 e. The molecule has 166 valence electrons. The normalized spacial score (nSPS) is 11.3. The highest BCUT2D eigenvalue weighted by atomic mass is 32.2. The Labute approximate surface area is 190 Å². The maximum absolute atomic E-state index is 13.5. The van der Waals surface area contributed by atoms with Crippen molar-refractivity contribution in [2.45, 2.75) is 17.7 Å². The summed E-state index contributed by atoms with van der Waals surface area (Å²) in [6, 6.07) is 17.6. The highest BCUT2D eigenvalue weighted by Crippen LogP contribution is 2.35. The summed E-state index contributed by atoms with van der Waals surface area (Å²) in [4.78, 5) is 4.60. The number of aryl methyl sites for hydroxylation is 1. The molecule has 2 aromatic carbocycles. The van der Waals surface area contributed by atoms with Gasteiger partial charge in [-0.2, -0.15) is 0 Å². The summed E-state index contributed by atoms with van der Waals surface area (Å²) in [5, 5.41) is 1.73. The molecule has 0 aliphatic rings. The molecule has 32 heavy (non-hydrogen) atoms. The number of rotatable bonds is 8. The predicted molar refractivity (Wildman–Crippen MR) is 124 cm³/mol. The van der Waals surface area contributed by atoms with Crippen LogP contribution in [0.25, 0.3) is 11.5 Å². The van der Waals surface area contributed by atoms with Crippen molar-refractivity contribution < 1.29 is 22.3 Å². The molecular weight excluding hydrogens is 448 g/mol. The van der Waals surface area contributed by atoms with Gasteiger partial charge in [-0.05, 0) is 54.8 Å². The highest BCUT2D eigenvalue weighted by molar-refractivity contribution is 7.94. The first-order chi connectivity index (χ1) is 15.4. The average Bonchev–Trinajstić information content (AvgIpc) is 3.48. The van der Waals surface area contributed by atoms with E-state index >= 15 is 0 Å². The third-order valence-corrected chi connectivity index (χ3v) is 8.05. The number of benzene rings is 2. The van der Waals surface area contributed by atoms with E-state index in [1.165, 1.54) is 11.4 Å². The van der Waals surface area contributed by atoms with Crippen molar-refractivity contribution in [3.8, 4) is 23.0 Å². The molecule has 0 unspecified atom stereocenters. The van der Waals surface area contributed by atoms with Crippen LogP contribution in [0.4, 0.5) is 5.69 Å². The number of anilines is 1.